The first-order valence-electron chi connectivity index (χ1n) is 12.5. The first-order chi connectivity index (χ1) is 15.0. The molecule has 0 aliphatic carbocycles. The third-order valence-electron chi connectivity index (χ3n) is 6.24. The summed E-state index contributed by atoms with van der Waals surface area (Å²) in [6.45, 7) is 8.80. The van der Waals surface area contributed by atoms with Crippen molar-refractivity contribution in [3.05, 3.63) is 11.8 Å². The van der Waals surface area contributed by atoms with E-state index in [9.17, 15) is 10.1 Å². The SMILES string of the molecule is CCCCCCCCCCCCCCN(C(C)=O)N1C(C(C)C)=NC2NC(C#N)=CC21. The minimum Gasteiger partial charge on any atom is -0.353 e. The molecule has 6 nitrogen and oxygen atoms in total. The van der Waals surface area contributed by atoms with Gasteiger partial charge in [-0.05, 0) is 12.5 Å². The van der Waals surface area contributed by atoms with Crippen molar-refractivity contribution in [2.24, 2.45) is 10.9 Å². The summed E-state index contributed by atoms with van der Waals surface area (Å²) in [4.78, 5) is 17.3. The van der Waals surface area contributed by atoms with Crippen LogP contribution in [0, 0.1) is 17.2 Å². The summed E-state index contributed by atoms with van der Waals surface area (Å²) >= 11 is 0. The van der Waals surface area contributed by atoms with Gasteiger partial charge in [-0.1, -0.05) is 91.4 Å². The van der Waals surface area contributed by atoms with Crippen LogP contribution < -0.4 is 5.32 Å². The number of aliphatic imine (C=N–C) groups is 1. The van der Waals surface area contributed by atoms with Crippen LogP contribution in [0.15, 0.2) is 16.8 Å². The van der Waals surface area contributed by atoms with Crippen molar-refractivity contribution < 1.29 is 4.79 Å². The van der Waals surface area contributed by atoms with Crippen LogP contribution in [-0.2, 0) is 4.79 Å². The molecule has 1 amide bonds. The van der Waals surface area contributed by atoms with E-state index in [1.165, 1.54) is 64.2 Å². The van der Waals surface area contributed by atoms with E-state index < -0.39 is 0 Å². The van der Waals surface area contributed by atoms with E-state index in [1.807, 2.05) is 16.1 Å². The van der Waals surface area contributed by atoms with Crippen molar-refractivity contribution in [1.82, 2.24) is 15.3 Å². The largest absolute Gasteiger partial charge is 0.353 e. The molecule has 1 N–H and O–H groups in total. The zero-order chi connectivity index (χ0) is 22.6. The lowest BCUT2D eigenvalue weighted by Gasteiger charge is -2.37. The number of carbonyl (C=O) groups is 1. The molecule has 6 heteroatoms. The van der Waals surface area contributed by atoms with Crippen LogP contribution >= 0.6 is 0 Å². The molecule has 2 aliphatic rings. The average Bonchev–Trinajstić information content (AvgIpc) is 3.29. The second-order valence-electron chi connectivity index (χ2n) is 9.29. The number of carbonyl (C=O) groups excluding carboxylic acids is 1. The van der Waals surface area contributed by atoms with E-state index in [1.54, 1.807) is 6.92 Å². The summed E-state index contributed by atoms with van der Waals surface area (Å²) in [5, 5.41) is 16.3. The van der Waals surface area contributed by atoms with Crippen molar-refractivity contribution in [3.63, 3.8) is 0 Å². The summed E-state index contributed by atoms with van der Waals surface area (Å²) in [5.74, 6) is 1.18. The lowest BCUT2D eigenvalue weighted by Crippen LogP contribution is -2.54. The monoisotopic (exact) mass is 429 g/mol. The van der Waals surface area contributed by atoms with Crippen molar-refractivity contribution in [2.45, 2.75) is 117 Å². The van der Waals surface area contributed by atoms with E-state index in [4.69, 9.17) is 4.99 Å². The fourth-order valence-corrected chi connectivity index (χ4v) is 4.51. The van der Waals surface area contributed by atoms with E-state index >= 15 is 0 Å². The Hall–Kier alpha value is -2.03. The minimum atomic E-state index is -0.170. The first kappa shape index (κ1) is 25.2. The predicted molar refractivity (Wildman–Crippen MR) is 127 cm³/mol. The quantitative estimate of drug-likeness (QED) is 0.348. The zero-order valence-corrected chi connectivity index (χ0v) is 20.2. The van der Waals surface area contributed by atoms with Gasteiger partial charge in [-0.15, -0.1) is 0 Å². The van der Waals surface area contributed by atoms with Crippen LogP contribution in [-0.4, -0.2) is 40.5 Å². The lowest BCUT2D eigenvalue weighted by atomic mass is 10.1. The average molecular weight is 430 g/mol. The molecular weight excluding hydrogens is 386 g/mol. The van der Waals surface area contributed by atoms with E-state index in [0.717, 1.165) is 18.7 Å². The molecule has 2 aliphatic heterocycles. The van der Waals surface area contributed by atoms with Gasteiger partial charge in [0.15, 0.2) is 0 Å². The molecule has 2 atom stereocenters. The van der Waals surface area contributed by atoms with Crippen LogP contribution in [0.1, 0.15) is 105 Å². The van der Waals surface area contributed by atoms with Gasteiger partial charge in [-0.25, -0.2) is 4.99 Å². The smallest absolute Gasteiger partial charge is 0.238 e. The number of allylic oxidation sites excluding steroid dienone is 1. The first-order valence-corrected chi connectivity index (χ1v) is 12.5. The number of hydrogen-bond donors (Lipinski definition) is 1. The highest BCUT2D eigenvalue weighted by molar-refractivity contribution is 5.89. The number of nitrogens with one attached hydrogen (secondary N) is 1. The van der Waals surface area contributed by atoms with Crippen LogP contribution in [0.5, 0.6) is 0 Å². The Morgan fingerprint density at radius 1 is 1.10 bits per heavy atom. The van der Waals surface area contributed by atoms with Crippen LogP contribution in [0.3, 0.4) is 0 Å². The van der Waals surface area contributed by atoms with Crippen molar-refractivity contribution in [3.8, 4) is 6.07 Å². The van der Waals surface area contributed by atoms with Gasteiger partial charge in [-0.2, -0.15) is 5.26 Å². The van der Waals surface area contributed by atoms with Gasteiger partial charge in [0.25, 0.3) is 0 Å². The van der Waals surface area contributed by atoms with Crippen LogP contribution in [0.25, 0.3) is 0 Å². The van der Waals surface area contributed by atoms with Crippen molar-refractivity contribution in [1.29, 1.82) is 5.26 Å². The molecule has 2 rings (SSSR count). The van der Waals surface area contributed by atoms with Crippen LogP contribution in [0.4, 0.5) is 0 Å². The van der Waals surface area contributed by atoms with Gasteiger partial charge in [0, 0.05) is 19.4 Å². The Morgan fingerprint density at radius 2 is 1.65 bits per heavy atom. The highest BCUT2D eigenvalue weighted by Gasteiger charge is 2.43. The molecule has 2 unspecified atom stereocenters. The minimum absolute atomic E-state index is 0.0379. The Morgan fingerprint density at radius 3 is 2.13 bits per heavy atom. The standard InChI is InChI=1S/C25H43N5O/c1-5-6-7-8-9-10-11-12-13-14-15-16-17-29(21(4)31)30-23-18-22(19-26)27-24(23)28-25(30)20(2)3/h18,20,23-24,27H,5-17H2,1-4H3. The number of fused-ring (bicyclic) bond motifs is 1. The third-order valence-corrected chi connectivity index (χ3v) is 6.24. The van der Waals surface area contributed by atoms with E-state index in [2.05, 4.69) is 32.2 Å². The summed E-state index contributed by atoms with van der Waals surface area (Å²) in [6.07, 6.45) is 17.4. The Kier molecular flexibility index (Phi) is 10.9. The van der Waals surface area contributed by atoms with Crippen molar-refractivity contribution in [2.75, 3.05) is 6.54 Å². The molecule has 0 spiro atoms. The molecule has 174 valence electrons. The summed E-state index contributed by atoms with van der Waals surface area (Å²) < 4.78 is 0. The summed E-state index contributed by atoms with van der Waals surface area (Å²) in [7, 11) is 0. The van der Waals surface area contributed by atoms with Gasteiger partial charge in [0.05, 0.1) is 0 Å². The number of hydrazine groups is 1. The maximum absolute atomic E-state index is 12.5. The molecule has 0 aromatic heterocycles. The number of nitrogens with zero attached hydrogens (tertiary/aromatic N) is 4. The number of nitriles is 1. The zero-order valence-electron chi connectivity index (χ0n) is 20.2. The maximum Gasteiger partial charge on any atom is 0.238 e. The number of rotatable bonds is 15. The normalized spacial score (nSPS) is 19.7. The second kappa shape index (κ2) is 13.4. The van der Waals surface area contributed by atoms with Gasteiger partial charge in [-0.3, -0.25) is 14.8 Å². The Labute approximate surface area is 189 Å². The van der Waals surface area contributed by atoms with E-state index in [-0.39, 0.29) is 24.0 Å². The highest BCUT2D eigenvalue weighted by Crippen LogP contribution is 2.29. The topological polar surface area (TPSA) is 71.7 Å². The predicted octanol–water partition coefficient (Wildman–Crippen LogP) is 5.53. The summed E-state index contributed by atoms with van der Waals surface area (Å²) in [6, 6.07) is 2.08. The van der Waals surface area contributed by atoms with Gasteiger partial charge >= 0.3 is 0 Å². The lowest BCUT2D eigenvalue weighted by molar-refractivity contribution is -0.141. The molecule has 0 aromatic carbocycles. The number of unbranched alkanes of at least 4 members (excludes halogenated alkanes) is 11. The van der Waals surface area contributed by atoms with E-state index in [0.29, 0.717) is 12.2 Å². The number of amides is 1. The molecule has 0 saturated carbocycles. The molecule has 0 aromatic rings. The Balaban J connectivity index is 1.72. The van der Waals surface area contributed by atoms with Crippen molar-refractivity contribution >= 4 is 11.7 Å². The van der Waals surface area contributed by atoms with Gasteiger partial charge in [0.2, 0.25) is 5.91 Å². The Bertz CT molecular complexity index is 663. The second-order valence-corrected chi connectivity index (χ2v) is 9.29. The van der Waals surface area contributed by atoms with Crippen LogP contribution in [0.2, 0.25) is 0 Å². The molecule has 0 bridgehead atoms. The number of amidine groups is 1. The molecule has 0 saturated heterocycles. The third kappa shape index (κ3) is 7.55. The van der Waals surface area contributed by atoms with Gasteiger partial charge in [0.1, 0.15) is 29.8 Å². The molecule has 2 heterocycles. The maximum atomic E-state index is 12.5. The van der Waals surface area contributed by atoms with Gasteiger partial charge < -0.3 is 5.32 Å². The highest BCUT2D eigenvalue weighted by atomic mass is 16.2. The fourth-order valence-electron chi connectivity index (χ4n) is 4.51. The molecule has 0 radical (unpaired) electrons. The molecular formula is C25H43N5O. The summed E-state index contributed by atoms with van der Waals surface area (Å²) in [5.41, 5.74) is 0.542. The fraction of sp³-hybridized carbons (Fsp3) is 0.800. The molecule has 31 heavy (non-hydrogen) atoms. The molecule has 0 fully saturated rings. The number of hydrogen-bond acceptors (Lipinski definition) is 5.